The van der Waals surface area contributed by atoms with Crippen molar-refractivity contribution in [2.45, 2.75) is 0 Å². The molecule has 2 atom stereocenters. The molecular formula is C2H5OPS2. The molecular weight excluding hydrogens is 135 g/mol. The molecule has 1 saturated heterocycles. The quantitative estimate of drug-likeness (QED) is 0.456. The number of rotatable bonds is 0. The van der Waals surface area contributed by atoms with E-state index in [1.165, 1.54) is 6.16 Å². The van der Waals surface area contributed by atoms with Gasteiger partial charge < -0.3 is 4.18 Å². The molecule has 0 saturated carbocycles. The summed E-state index contributed by atoms with van der Waals surface area (Å²) in [6.45, 7) is 0.908. The molecule has 0 bridgehead atoms. The third kappa shape index (κ3) is 1.23. The second-order valence-corrected chi connectivity index (χ2v) is 6.22. The molecule has 1 nitrogen and oxygen atoms in total. The van der Waals surface area contributed by atoms with Crippen LogP contribution in [0.3, 0.4) is 0 Å². The number of hydrogen-bond donors (Lipinski definition) is 0. The van der Waals surface area contributed by atoms with Crippen LogP contribution in [-0.2, 0) is 24.7 Å². The minimum atomic E-state index is -0.0617. The van der Waals surface area contributed by atoms with Gasteiger partial charge in [-0.25, -0.2) is 0 Å². The van der Waals surface area contributed by atoms with E-state index >= 15 is 0 Å². The Morgan fingerprint density at radius 2 is 2.67 bits per heavy atom. The summed E-state index contributed by atoms with van der Waals surface area (Å²) >= 11 is 4.82. The fraction of sp³-hybridized carbons (Fsp3) is 1.00. The minimum absolute atomic E-state index is 0.0617. The van der Waals surface area contributed by atoms with E-state index in [1.807, 2.05) is 0 Å². The van der Waals surface area contributed by atoms with Gasteiger partial charge in [0.1, 0.15) is 0 Å². The first-order chi connectivity index (χ1) is 2.89. The fourth-order valence-electron chi connectivity index (χ4n) is 0.284. The molecule has 6 heavy (non-hydrogen) atoms. The summed E-state index contributed by atoms with van der Waals surface area (Å²) in [5.74, 6) is 0. The first kappa shape index (κ1) is 5.10. The highest BCUT2D eigenvalue weighted by molar-refractivity contribution is 8.59. The molecule has 1 aliphatic heterocycles. The molecule has 0 aromatic heterocycles. The van der Waals surface area contributed by atoms with Crippen molar-refractivity contribution in [3.8, 4) is 0 Å². The van der Waals surface area contributed by atoms with E-state index in [2.05, 4.69) is 0 Å². The molecule has 2 unspecified atom stereocenters. The van der Waals surface area contributed by atoms with Crippen LogP contribution in [0.5, 0.6) is 0 Å². The van der Waals surface area contributed by atoms with Gasteiger partial charge >= 0.3 is 0 Å². The molecule has 0 amide bonds. The van der Waals surface area contributed by atoms with Crippen molar-refractivity contribution in [1.29, 1.82) is 0 Å². The van der Waals surface area contributed by atoms with Crippen molar-refractivity contribution in [3.05, 3.63) is 0 Å². The summed E-state index contributed by atoms with van der Waals surface area (Å²) in [6.07, 6.45) is 1.20. The fourth-order valence-corrected chi connectivity index (χ4v) is 3.31. The standard InChI is InChI=1S/C2H5OPS2/c5-6-3-1-2-4-6/h4H,1-2H2. The third-order valence-corrected chi connectivity index (χ3v) is 4.56. The zero-order valence-electron chi connectivity index (χ0n) is 3.14. The van der Waals surface area contributed by atoms with Crippen LogP contribution < -0.4 is 0 Å². The van der Waals surface area contributed by atoms with Crippen molar-refractivity contribution in [2.24, 2.45) is 0 Å². The maximum Gasteiger partial charge on any atom is 0.0666 e. The van der Waals surface area contributed by atoms with E-state index in [4.69, 9.17) is 15.4 Å². The van der Waals surface area contributed by atoms with Crippen LogP contribution in [0.1, 0.15) is 0 Å². The van der Waals surface area contributed by atoms with E-state index in [0.29, 0.717) is 0 Å². The smallest absolute Gasteiger partial charge is 0.0666 e. The molecule has 1 rings (SSSR count). The number of hydrogen-bond acceptors (Lipinski definition) is 2. The molecule has 0 N–H and O–H groups in total. The highest BCUT2D eigenvalue weighted by Gasteiger charge is 2.02. The lowest BCUT2D eigenvalue weighted by Gasteiger charge is -1.82. The maximum atomic E-state index is 5.01. The third-order valence-electron chi connectivity index (χ3n) is 0.512. The second-order valence-electron chi connectivity index (χ2n) is 0.951. The molecule has 0 radical (unpaired) electrons. The molecule has 0 aromatic carbocycles. The van der Waals surface area contributed by atoms with Gasteiger partial charge in [-0.3, -0.25) is 0 Å². The molecule has 1 aliphatic rings. The van der Waals surface area contributed by atoms with Crippen LogP contribution >= 0.6 is 7.78 Å². The van der Waals surface area contributed by atoms with Crippen LogP contribution in [0.25, 0.3) is 0 Å². The van der Waals surface area contributed by atoms with E-state index < -0.39 is 0 Å². The predicted molar refractivity (Wildman–Crippen MR) is 33.9 cm³/mol. The van der Waals surface area contributed by atoms with Crippen LogP contribution in [-0.4, -0.2) is 12.8 Å². The van der Waals surface area contributed by atoms with Gasteiger partial charge in [-0.05, 0) is 19.0 Å². The summed E-state index contributed by atoms with van der Waals surface area (Å²) in [7, 11) is 0.841. The lowest BCUT2D eigenvalue weighted by Crippen LogP contribution is -1.79. The van der Waals surface area contributed by atoms with Gasteiger partial charge in [0.15, 0.2) is 0 Å². The second kappa shape index (κ2) is 2.31. The van der Waals surface area contributed by atoms with Crippen molar-refractivity contribution >= 4 is 28.3 Å². The van der Waals surface area contributed by atoms with Gasteiger partial charge in [-0.15, -0.1) is 0 Å². The average molecular weight is 140 g/mol. The average Bonchev–Trinajstić information content (AvgIpc) is 1.86. The molecule has 0 spiro atoms. The Labute approximate surface area is 45.8 Å². The Kier molecular flexibility index (Phi) is 1.97. The molecule has 36 valence electrons. The lowest BCUT2D eigenvalue weighted by molar-refractivity contribution is 0.415. The van der Waals surface area contributed by atoms with E-state index in [-0.39, 0.29) is 9.35 Å². The lowest BCUT2D eigenvalue weighted by atomic mass is 10.9. The Hall–Kier alpha value is 0.960. The van der Waals surface area contributed by atoms with Gasteiger partial charge in [-0.2, -0.15) is 0 Å². The van der Waals surface area contributed by atoms with Gasteiger partial charge in [-0.1, -0.05) is 0 Å². The summed E-state index contributed by atoms with van der Waals surface area (Å²) in [4.78, 5) is 0. The van der Waals surface area contributed by atoms with Crippen LogP contribution in [0.4, 0.5) is 0 Å². The van der Waals surface area contributed by atoms with Crippen LogP contribution in [0.15, 0.2) is 0 Å². The zero-order valence-corrected chi connectivity index (χ0v) is 5.77. The van der Waals surface area contributed by atoms with E-state index in [9.17, 15) is 0 Å². The molecule has 1 fully saturated rings. The largest absolute Gasteiger partial charge is 0.308 e. The Morgan fingerprint density at radius 3 is 2.83 bits per heavy atom. The molecule has 0 aliphatic carbocycles. The minimum Gasteiger partial charge on any atom is -0.308 e. The maximum absolute atomic E-state index is 5.01. The summed E-state index contributed by atoms with van der Waals surface area (Å²) in [5.41, 5.74) is 0. The summed E-state index contributed by atoms with van der Waals surface area (Å²) in [6, 6.07) is 0. The Bertz CT molecular complexity index is 65.9. The highest BCUT2D eigenvalue weighted by Crippen LogP contribution is 2.23. The van der Waals surface area contributed by atoms with Gasteiger partial charge in [0.25, 0.3) is 0 Å². The SMILES string of the molecule is S=S1OCCP1. The Morgan fingerprint density at radius 1 is 1.83 bits per heavy atom. The summed E-state index contributed by atoms with van der Waals surface area (Å²) in [5, 5.41) is 0. The van der Waals surface area contributed by atoms with Gasteiger partial charge in [0.2, 0.25) is 0 Å². The van der Waals surface area contributed by atoms with Crippen molar-refractivity contribution in [1.82, 2.24) is 0 Å². The predicted octanol–water partition coefficient (Wildman–Crippen LogP) is 0.605. The normalized spacial score (nSPS) is 38.3. The zero-order chi connectivity index (χ0) is 4.41. The monoisotopic (exact) mass is 140 g/mol. The van der Waals surface area contributed by atoms with E-state index in [1.54, 1.807) is 0 Å². The molecule has 0 aromatic rings. The first-order valence-electron chi connectivity index (χ1n) is 1.68. The van der Waals surface area contributed by atoms with Gasteiger partial charge in [0.05, 0.1) is 6.61 Å². The van der Waals surface area contributed by atoms with Crippen molar-refractivity contribution in [2.75, 3.05) is 12.8 Å². The van der Waals surface area contributed by atoms with Gasteiger partial charge in [0, 0.05) is 15.5 Å². The molecule has 1 heterocycles. The first-order valence-corrected chi connectivity index (χ1v) is 5.69. The Balaban J connectivity index is 2.37. The topological polar surface area (TPSA) is 9.23 Å². The van der Waals surface area contributed by atoms with Crippen molar-refractivity contribution < 1.29 is 4.18 Å². The van der Waals surface area contributed by atoms with Crippen LogP contribution in [0.2, 0.25) is 0 Å². The van der Waals surface area contributed by atoms with E-state index in [0.717, 1.165) is 14.4 Å². The van der Waals surface area contributed by atoms with Crippen molar-refractivity contribution in [3.63, 3.8) is 0 Å². The summed E-state index contributed by atoms with van der Waals surface area (Å²) < 4.78 is 5.01. The molecule has 4 heteroatoms. The highest BCUT2D eigenvalue weighted by atomic mass is 33.1. The van der Waals surface area contributed by atoms with Crippen LogP contribution in [0, 0.1) is 0 Å².